The molecule has 1 heterocycles. The quantitative estimate of drug-likeness (QED) is 0.823. The van der Waals surface area contributed by atoms with Crippen LogP contribution in [0.25, 0.3) is 0 Å². The molecule has 1 aromatic heterocycles. The molecule has 0 aliphatic heterocycles. The molecule has 0 radical (unpaired) electrons. The smallest absolute Gasteiger partial charge is 0.137 e. The van der Waals surface area contributed by atoms with Crippen LogP contribution in [0.5, 0.6) is 0 Å². The topological polar surface area (TPSA) is 42.7 Å². The van der Waals surface area contributed by atoms with Gasteiger partial charge in [-0.05, 0) is 31.7 Å². The minimum absolute atomic E-state index is 0.567. The molecule has 0 amide bonds. The minimum Gasteiger partial charge on any atom is -0.312 e. The maximum atomic E-state index is 4.22. The summed E-state index contributed by atoms with van der Waals surface area (Å²) in [5.41, 5.74) is 0. The van der Waals surface area contributed by atoms with Gasteiger partial charge in [-0.2, -0.15) is 5.10 Å². The number of nitrogens with one attached hydrogen (secondary N) is 1. The van der Waals surface area contributed by atoms with E-state index in [9.17, 15) is 0 Å². The van der Waals surface area contributed by atoms with Crippen LogP contribution in [0.1, 0.15) is 45.4 Å². The van der Waals surface area contributed by atoms with Gasteiger partial charge in [-0.1, -0.05) is 26.2 Å². The van der Waals surface area contributed by atoms with Gasteiger partial charge in [-0.3, -0.25) is 4.68 Å². The second-order valence-corrected chi connectivity index (χ2v) is 5.08. The minimum atomic E-state index is 0.567. The lowest BCUT2D eigenvalue weighted by molar-refractivity contribution is 0.242. The molecule has 1 aliphatic carbocycles. The number of rotatable bonds is 6. The Labute approximate surface area is 104 Å². The standard InChI is InChI=1S/C13H24N4/c1-2-8-15-13(9-17-11-14-10-16-17)12-6-4-3-5-7-12/h10-13,15H,2-9H2,1H3. The molecule has 1 saturated carbocycles. The highest BCUT2D eigenvalue weighted by atomic mass is 15.3. The van der Waals surface area contributed by atoms with Crippen molar-refractivity contribution < 1.29 is 0 Å². The van der Waals surface area contributed by atoms with E-state index < -0.39 is 0 Å². The van der Waals surface area contributed by atoms with E-state index in [-0.39, 0.29) is 0 Å². The lowest BCUT2D eigenvalue weighted by Gasteiger charge is -2.31. The van der Waals surface area contributed by atoms with Crippen molar-refractivity contribution in [1.82, 2.24) is 20.1 Å². The van der Waals surface area contributed by atoms with Gasteiger partial charge in [0, 0.05) is 6.04 Å². The molecule has 1 aliphatic rings. The molecule has 96 valence electrons. The summed E-state index contributed by atoms with van der Waals surface area (Å²) in [6, 6.07) is 0.567. The van der Waals surface area contributed by atoms with E-state index in [4.69, 9.17) is 0 Å². The highest BCUT2D eigenvalue weighted by Gasteiger charge is 2.23. The molecule has 1 unspecified atom stereocenters. The summed E-state index contributed by atoms with van der Waals surface area (Å²) in [5.74, 6) is 0.819. The average Bonchev–Trinajstić information content (AvgIpc) is 2.88. The first-order valence-electron chi connectivity index (χ1n) is 6.96. The van der Waals surface area contributed by atoms with Crippen molar-refractivity contribution in [3.63, 3.8) is 0 Å². The molecule has 0 aromatic carbocycles. The van der Waals surface area contributed by atoms with E-state index in [0.29, 0.717) is 6.04 Å². The molecule has 0 saturated heterocycles. The second-order valence-electron chi connectivity index (χ2n) is 5.08. The molecule has 1 N–H and O–H groups in total. The first-order valence-corrected chi connectivity index (χ1v) is 6.96. The fraction of sp³-hybridized carbons (Fsp3) is 0.846. The third kappa shape index (κ3) is 3.80. The molecule has 1 aromatic rings. The van der Waals surface area contributed by atoms with Gasteiger partial charge in [0.15, 0.2) is 0 Å². The number of hydrogen-bond acceptors (Lipinski definition) is 3. The Hall–Kier alpha value is -0.900. The van der Waals surface area contributed by atoms with Gasteiger partial charge >= 0.3 is 0 Å². The Morgan fingerprint density at radius 2 is 2.18 bits per heavy atom. The van der Waals surface area contributed by atoms with Crippen LogP contribution in [0.3, 0.4) is 0 Å². The first kappa shape index (κ1) is 12.6. The molecule has 17 heavy (non-hydrogen) atoms. The zero-order chi connectivity index (χ0) is 11.9. The predicted octanol–water partition coefficient (Wildman–Crippen LogP) is 2.23. The molecule has 4 heteroatoms. The van der Waals surface area contributed by atoms with E-state index in [1.165, 1.54) is 38.5 Å². The SMILES string of the molecule is CCCNC(Cn1cncn1)C1CCCCC1. The van der Waals surface area contributed by atoms with Crippen LogP contribution < -0.4 is 5.32 Å². The summed E-state index contributed by atoms with van der Waals surface area (Å²) in [5, 5.41) is 7.91. The molecular weight excluding hydrogens is 212 g/mol. The lowest BCUT2D eigenvalue weighted by Crippen LogP contribution is -2.41. The van der Waals surface area contributed by atoms with E-state index in [1.54, 1.807) is 6.33 Å². The largest absolute Gasteiger partial charge is 0.312 e. The third-order valence-corrected chi connectivity index (χ3v) is 3.73. The molecule has 2 rings (SSSR count). The summed E-state index contributed by atoms with van der Waals surface area (Å²) in [4.78, 5) is 4.02. The summed E-state index contributed by atoms with van der Waals surface area (Å²) in [7, 11) is 0. The molecule has 0 bridgehead atoms. The summed E-state index contributed by atoms with van der Waals surface area (Å²) in [6.07, 6.45) is 11.6. The fourth-order valence-electron chi connectivity index (χ4n) is 2.78. The van der Waals surface area contributed by atoms with Crippen molar-refractivity contribution in [3.8, 4) is 0 Å². The van der Waals surface area contributed by atoms with Crippen molar-refractivity contribution in [2.45, 2.75) is 58.0 Å². The summed E-state index contributed by atoms with van der Waals surface area (Å²) >= 11 is 0. The van der Waals surface area contributed by atoms with Crippen molar-refractivity contribution in [2.75, 3.05) is 6.54 Å². The van der Waals surface area contributed by atoms with E-state index >= 15 is 0 Å². The number of aromatic nitrogens is 3. The lowest BCUT2D eigenvalue weighted by atomic mass is 9.84. The average molecular weight is 236 g/mol. The molecular formula is C13H24N4. The molecule has 1 atom stereocenters. The highest BCUT2D eigenvalue weighted by molar-refractivity contribution is 4.79. The van der Waals surface area contributed by atoms with Crippen molar-refractivity contribution in [1.29, 1.82) is 0 Å². The first-order chi connectivity index (χ1) is 8.40. The van der Waals surface area contributed by atoms with Gasteiger partial charge in [0.05, 0.1) is 6.54 Å². The third-order valence-electron chi connectivity index (χ3n) is 3.73. The van der Waals surface area contributed by atoms with Crippen molar-refractivity contribution >= 4 is 0 Å². The van der Waals surface area contributed by atoms with Crippen LogP contribution in [0.2, 0.25) is 0 Å². The number of hydrogen-bond donors (Lipinski definition) is 1. The summed E-state index contributed by atoms with van der Waals surface area (Å²) < 4.78 is 1.96. The molecule has 4 nitrogen and oxygen atoms in total. The van der Waals surface area contributed by atoms with Crippen LogP contribution in [-0.4, -0.2) is 27.4 Å². The van der Waals surface area contributed by atoms with Gasteiger partial charge in [0.2, 0.25) is 0 Å². The zero-order valence-corrected chi connectivity index (χ0v) is 10.8. The van der Waals surface area contributed by atoms with Gasteiger partial charge in [-0.25, -0.2) is 4.98 Å². The van der Waals surface area contributed by atoms with Gasteiger partial charge in [0.25, 0.3) is 0 Å². The van der Waals surface area contributed by atoms with Crippen LogP contribution in [0, 0.1) is 5.92 Å². The molecule has 0 spiro atoms. The maximum Gasteiger partial charge on any atom is 0.137 e. The van der Waals surface area contributed by atoms with Crippen LogP contribution >= 0.6 is 0 Å². The zero-order valence-electron chi connectivity index (χ0n) is 10.8. The van der Waals surface area contributed by atoms with E-state index in [0.717, 1.165) is 19.0 Å². The van der Waals surface area contributed by atoms with Gasteiger partial charge in [0.1, 0.15) is 12.7 Å². The Kier molecular flexibility index (Phi) is 4.98. The van der Waals surface area contributed by atoms with E-state index in [1.807, 2.05) is 11.0 Å². The van der Waals surface area contributed by atoms with Gasteiger partial charge < -0.3 is 5.32 Å². The van der Waals surface area contributed by atoms with Crippen molar-refractivity contribution in [2.24, 2.45) is 5.92 Å². The van der Waals surface area contributed by atoms with Crippen LogP contribution in [0.15, 0.2) is 12.7 Å². The predicted molar refractivity (Wildman–Crippen MR) is 68.7 cm³/mol. The van der Waals surface area contributed by atoms with Crippen LogP contribution in [-0.2, 0) is 6.54 Å². The van der Waals surface area contributed by atoms with Gasteiger partial charge in [-0.15, -0.1) is 0 Å². The molecule has 1 fully saturated rings. The van der Waals surface area contributed by atoms with Crippen LogP contribution in [0.4, 0.5) is 0 Å². The van der Waals surface area contributed by atoms with E-state index in [2.05, 4.69) is 22.3 Å². The van der Waals surface area contributed by atoms with Crippen molar-refractivity contribution in [3.05, 3.63) is 12.7 Å². The normalized spacial score (nSPS) is 19.4. The Morgan fingerprint density at radius 3 is 2.82 bits per heavy atom. The summed E-state index contributed by atoms with van der Waals surface area (Å²) in [6.45, 7) is 4.29. The Bertz CT molecular complexity index is 290. The second kappa shape index (κ2) is 6.74. The maximum absolute atomic E-state index is 4.22. The fourth-order valence-corrected chi connectivity index (χ4v) is 2.78. The highest BCUT2D eigenvalue weighted by Crippen LogP contribution is 2.27. The Morgan fingerprint density at radius 1 is 1.35 bits per heavy atom. The monoisotopic (exact) mass is 236 g/mol. The Balaban J connectivity index is 1.91. The number of nitrogens with zero attached hydrogens (tertiary/aromatic N) is 3.